The van der Waals surface area contributed by atoms with Gasteiger partial charge in [-0.3, -0.25) is 0 Å². The summed E-state index contributed by atoms with van der Waals surface area (Å²) in [4.78, 5) is 0. The van der Waals surface area contributed by atoms with Crippen molar-refractivity contribution < 1.29 is 0 Å². The minimum absolute atomic E-state index is 0.485. The first-order valence-corrected chi connectivity index (χ1v) is 6.63. The lowest BCUT2D eigenvalue weighted by atomic mass is 9.85. The summed E-state index contributed by atoms with van der Waals surface area (Å²) in [5.74, 6) is 0.485. The molecule has 0 nitrogen and oxygen atoms in total. The first-order valence-electron chi connectivity index (χ1n) is 6.63. The van der Waals surface area contributed by atoms with E-state index in [1.54, 1.807) is 0 Å². The molecule has 0 N–H and O–H groups in total. The molecule has 0 heteroatoms. The summed E-state index contributed by atoms with van der Waals surface area (Å²) in [5, 5.41) is 0. The molecule has 0 aromatic heterocycles. The fourth-order valence-electron chi connectivity index (χ4n) is 2.52. The number of benzene rings is 2. The Morgan fingerprint density at radius 1 is 0.944 bits per heavy atom. The Hall–Kier alpha value is -1.82. The number of allylic oxidation sites excluding steroid dienone is 2. The van der Waals surface area contributed by atoms with Gasteiger partial charge in [-0.1, -0.05) is 73.7 Å². The summed E-state index contributed by atoms with van der Waals surface area (Å²) in [6.07, 6.45) is 3.37. The van der Waals surface area contributed by atoms with E-state index in [4.69, 9.17) is 0 Å². The largest absolute Gasteiger partial charge is 0.0832 e. The second-order valence-corrected chi connectivity index (χ2v) is 4.48. The Bertz CT molecular complexity index is 494. The van der Waals surface area contributed by atoms with Gasteiger partial charge in [-0.15, -0.1) is 0 Å². The van der Waals surface area contributed by atoms with Crippen molar-refractivity contribution in [3.05, 3.63) is 77.9 Å². The molecular weight excluding hydrogens is 216 g/mol. The normalized spacial score (nSPS) is 13.3. The smallest absolute Gasteiger partial charge is 0.00893 e. The molecule has 1 unspecified atom stereocenters. The summed E-state index contributed by atoms with van der Waals surface area (Å²) in [6, 6.07) is 21.4. The van der Waals surface area contributed by atoms with E-state index in [2.05, 4.69) is 80.6 Å². The highest BCUT2D eigenvalue weighted by atomic mass is 14.2. The van der Waals surface area contributed by atoms with Crippen molar-refractivity contribution in [3.63, 3.8) is 0 Å². The second-order valence-electron chi connectivity index (χ2n) is 4.48. The van der Waals surface area contributed by atoms with Gasteiger partial charge in [0, 0.05) is 5.92 Å². The molecule has 0 aliphatic carbocycles. The molecule has 92 valence electrons. The van der Waals surface area contributed by atoms with Crippen molar-refractivity contribution in [3.8, 4) is 0 Å². The van der Waals surface area contributed by atoms with Crippen LogP contribution in [0.4, 0.5) is 0 Å². The molecule has 0 saturated carbocycles. The van der Waals surface area contributed by atoms with Gasteiger partial charge < -0.3 is 0 Å². The summed E-state index contributed by atoms with van der Waals surface area (Å²) in [7, 11) is 0. The fourth-order valence-corrected chi connectivity index (χ4v) is 2.52. The zero-order valence-electron chi connectivity index (χ0n) is 11.1. The maximum Gasteiger partial charge on any atom is 0.00893 e. The van der Waals surface area contributed by atoms with Crippen LogP contribution < -0.4 is 0 Å². The molecular formula is C18H20. The third-order valence-corrected chi connectivity index (χ3v) is 3.40. The second kappa shape index (κ2) is 6.20. The van der Waals surface area contributed by atoms with E-state index in [1.807, 2.05) is 0 Å². The molecule has 2 rings (SSSR count). The quantitative estimate of drug-likeness (QED) is 0.677. The minimum Gasteiger partial charge on any atom is -0.0832 e. The highest BCUT2D eigenvalue weighted by Crippen LogP contribution is 2.34. The van der Waals surface area contributed by atoms with Gasteiger partial charge in [0.25, 0.3) is 0 Å². The van der Waals surface area contributed by atoms with E-state index < -0.39 is 0 Å². The van der Waals surface area contributed by atoms with Crippen LogP contribution in [0.1, 0.15) is 37.3 Å². The molecule has 0 amide bonds. The Morgan fingerprint density at radius 3 is 2.00 bits per heavy atom. The summed E-state index contributed by atoms with van der Waals surface area (Å²) >= 11 is 0. The van der Waals surface area contributed by atoms with Crippen LogP contribution in [0.15, 0.2) is 66.7 Å². The standard InChI is InChI=1S/C18H20/c1-3-17(15-11-7-5-8-12-15)18(4-2)16-13-9-6-10-14-16/h3,5-14,18H,4H2,1-2H3/b17-3+. The van der Waals surface area contributed by atoms with Gasteiger partial charge >= 0.3 is 0 Å². The Balaban J connectivity index is 2.38. The number of hydrogen-bond acceptors (Lipinski definition) is 0. The van der Waals surface area contributed by atoms with Crippen molar-refractivity contribution in [2.24, 2.45) is 0 Å². The molecule has 0 heterocycles. The Labute approximate surface area is 110 Å². The third-order valence-electron chi connectivity index (χ3n) is 3.40. The van der Waals surface area contributed by atoms with Gasteiger partial charge in [-0.05, 0) is 30.0 Å². The van der Waals surface area contributed by atoms with Gasteiger partial charge in [-0.25, -0.2) is 0 Å². The number of rotatable bonds is 4. The van der Waals surface area contributed by atoms with E-state index in [-0.39, 0.29) is 0 Å². The molecule has 0 radical (unpaired) electrons. The van der Waals surface area contributed by atoms with Gasteiger partial charge in [0.1, 0.15) is 0 Å². The predicted octanol–water partition coefficient (Wildman–Crippen LogP) is 5.28. The van der Waals surface area contributed by atoms with E-state index in [1.165, 1.54) is 16.7 Å². The van der Waals surface area contributed by atoms with Crippen LogP contribution in [0.5, 0.6) is 0 Å². The maximum absolute atomic E-state index is 2.25. The van der Waals surface area contributed by atoms with Crippen molar-refractivity contribution >= 4 is 5.57 Å². The van der Waals surface area contributed by atoms with Crippen LogP contribution in [0.25, 0.3) is 5.57 Å². The third kappa shape index (κ3) is 2.70. The first kappa shape index (κ1) is 12.6. The summed E-state index contributed by atoms with van der Waals surface area (Å²) < 4.78 is 0. The molecule has 2 aromatic carbocycles. The summed E-state index contributed by atoms with van der Waals surface area (Å²) in [5.41, 5.74) is 4.15. The highest BCUT2D eigenvalue weighted by molar-refractivity contribution is 5.71. The van der Waals surface area contributed by atoms with E-state index in [0.717, 1.165) is 6.42 Å². The molecule has 0 fully saturated rings. The van der Waals surface area contributed by atoms with Crippen LogP contribution in [-0.4, -0.2) is 0 Å². The molecule has 18 heavy (non-hydrogen) atoms. The minimum atomic E-state index is 0.485. The predicted molar refractivity (Wildman–Crippen MR) is 79.6 cm³/mol. The zero-order chi connectivity index (χ0) is 12.8. The molecule has 0 spiro atoms. The Kier molecular flexibility index (Phi) is 4.35. The maximum atomic E-state index is 2.25. The van der Waals surface area contributed by atoms with E-state index >= 15 is 0 Å². The van der Waals surface area contributed by atoms with Crippen LogP contribution >= 0.6 is 0 Å². The van der Waals surface area contributed by atoms with Crippen molar-refractivity contribution in [2.45, 2.75) is 26.2 Å². The van der Waals surface area contributed by atoms with Crippen molar-refractivity contribution in [1.82, 2.24) is 0 Å². The molecule has 0 bridgehead atoms. The lowest BCUT2D eigenvalue weighted by molar-refractivity contribution is 0.822. The average Bonchev–Trinajstić information content (AvgIpc) is 2.46. The van der Waals surface area contributed by atoms with Gasteiger partial charge in [0.2, 0.25) is 0 Å². The van der Waals surface area contributed by atoms with Crippen LogP contribution in [-0.2, 0) is 0 Å². The Morgan fingerprint density at radius 2 is 1.50 bits per heavy atom. The highest BCUT2D eigenvalue weighted by Gasteiger charge is 2.15. The molecule has 2 aromatic rings. The van der Waals surface area contributed by atoms with Gasteiger partial charge in [0.15, 0.2) is 0 Å². The fraction of sp³-hybridized carbons (Fsp3) is 0.222. The summed E-state index contributed by atoms with van der Waals surface area (Å²) in [6.45, 7) is 4.39. The monoisotopic (exact) mass is 236 g/mol. The molecule has 0 aliphatic heterocycles. The first-order chi connectivity index (χ1) is 8.86. The lowest BCUT2D eigenvalue weighted by Crippen LogP contribution is -2.00. The van der Waals surface area contributed by atoms with Gasteiger partial charge in [0.05, 0.1) is 0 Å². The SMILES string of the molecule is C/C=C(\c1ccccc1)C(CC)c1ccccc1. The zero-order valence-corrected chi connectivity index (χ0v) is 11.1. The van der Waals surface area contributed by atoms with E-state index in [9.17, 15) is 0 Å². The molecule has 1 atom stereocenters. The van der Waals surface area contributed by atoms with Crippen molar-refractivity contribution in [1.29, 1.82) is 0 Å². The topological polar surface area (TPSA) is 0 Å². The van der Waals surface area contributed by atoms with Crippen molar-refractivity contribution in [2.75, 3.05) is 0 Å². The average molecular weight is 236 g/mol. The lowest BCUT2D eigenvalue weighted by Gasteiger charge is -2.19. The van der Waals surface area contributed by atoms with E-state index in [0.29, 0.717) is 5.92 Å². The van der Waals surface area contributed by atoms with Crippen LogP contribution in [0.2, 0.25) is 0 Å². The molecule has 0 aliphatic rings. The molecule has 0 saturated heterocycles. The van der Waals surface area contributed by atoms with Gasteiger partial charge in [-0.2, -0.15) is 0 Å². The number of hydrogen-bond donors (Lipinski definition) is 0. The van der Waals surface area contributed by atoms with Crippen LogP contribution in [0, 0.1) is 0 Å². The van der Waals surface area contributed by atoms with Crippen LogP contribution in [0.3, 0.4) is 0 Å².